The van der Waals surface area contributed by atoms with Gasteiger partial charge in [-0.05, 0) is 25.1 Å². The molecule has 0 N–H and O–H groups in total. The molecule has 2 rings (SSSR count). The largest absolute Gasteiger partial charge is 0.371 e. The van der Waals surface area contributed by atoms with Crippen molar-refractivity contribution in [3.05, 3.63) is 66.0 Å². The van der Waals surface area contributed by atoms with Crippen molar-refractivity contribution in [3.8, 4) is 0 Å². The Bertz CT molecular complexity index is 568. The van der Waals surface area contributed by atoms with Gasteiger partial charge >= 0.3 is 0 Å². The predicted octanol–water partition coefficient (Wildman–Crippen LogP) is 3.93. The van der Waals surface area contributed by atoms with E-state index in [-0.39, 0.29) is 11.6 Å². The number of rotatable bonds is 6. The van der Waals surface area contributed by atoms with Crippen LogP contribution >= 0.6 is 0 Å². The molecule has 0 saturated heterocycles. The third-order valence-electron chi connectivity index (χ3n) is 3.26. The van der Waals surface area contributed by atoms with Crippen LogP contribution in [0.4, 0.5) is 10.1 Å². The zero-order valence-corrected chi connectivity index (χ0v) is 11.6. The van der Waals surface area contributed by atoms with Gasteiger partial charge in [0.1, 0.15) is 5.82 Å². The number of carbonyl (C=O) groups is 1. The molecule has 3 heteroatoms. The fraction of sp³-hybridized carbons (Fsp3) is 0.235. The first-order valence-electron chi connectivity index (χ1n) is 6.79. The van der Waals surface area contributed by atoms with E-state index in [0.717, 1.165) is 17.8 Å². The Balaban J connectivity index is 1.99. The summed E-state index contributed by atoms with van der Waals surface area (Å²) in [6, 6.07) is 15.7. The Kier molecular flexibility index (Phi) is 4.88. The Hall–Kier alpha value is -2.16. The SMILES string of the molecule is CCN(CCC(=O)c1ccccc1)c1cccc(F)c1. The maximum absolute atomic E-state index is 13.2. The van der Waals surface area contributed by atoms with Crippen molar-refractivity contribution in [2.75, 3.05) is 18.0 Å². The third-order valence-corrected chi connectivity index (χ3v) is 3.26. The predicted molar refractivity (Wildman–Crippen MR) is 79.7 cm³/mol. The van der Waals surface area contributed by atoms with Crippen LogP contribution < -0.4 is 4.90 Å². The highest BCUT2D eigenvalue weighted by Gasteiger charge is 2.09. The van der Waals surface area contributed by atoms with Gasteiger partial charge in [0, 0.05) is 30.8 Å². The van der Waals surface area contributed by atoms with E-state index in [1.807, 2.05) is 48.2 Å². The number of benzene rings is 2. The molecule has 2 nitrogen and oxygen atoms in total. The minimum absolute atomic E-state index is 0.112. The first-order valence-corrected chi connectivity index (χ1v) is 6.79. The molecule has 0 saturated carbocycles. The third kappa shape index (κ3) is 3.67. The van der Waals surface area contributed by atoms with Gasteiger partial charge < -0.3 is 4.90 Å². The maximum Gasteiger partial charge on any atom is 0.164 e. The first kappa shape index (κ1) is 14.3. The highest BCUT2D eigenvalue weighted by molar-refractivity contribution is 5.96. The molecule has 0 spiro atoms. The van der Waals surface area contributed by atoms with Gasteiger partial charge in [-0.1, -0.05) is 36.4 Å². The molecular weight excluding hydrogens is 253 g/mol. The summed E-state index contributed by atoms with van der Waals surface area (Å²) in [5.74, 6) is -0.143. The normalized spacial score (nSPS) is 10.3. The molecule has 0 aromatic heterocycles. The van der Waals surface area contributed by atoms with E-state index in [1.165, 1.54) is 12.1 Å². The number of Topliss-reactive ketones (excluding diaryl/α,β-unsaturated/α-hetero) is 1. The number of carbonyl (C=O) groups excluding carboxylic acids is 1. The van der Waals surface area contributed by atoms with E-state index in [0.29, 0.717) is 13.0 Å². The molecule has 0 aliphatic rings. The molecule has 0 unspecified atom stereocenters. The van der Waals surface area contributed by atoms with Crippen molar-refractivity contribution < 1.29 is 9.18 Å². The number of hydrogen-bond donors (Lipinski definition) is 0. The zero-order chi connectivity index (χ0) is 14.4. The van der Waals surface area contributed by atoms with Gasteiger partial charge in [-0.15, -0.1) is 0 Å². The quantitative estimate of drug-likeness (QED) is 0.742. The maximum atomic E-state index is 13.2. The molecule has 0 amide bonds. The van der Waals surface area contributed by atoms with Gasteiger partial charge in [-0.3, -0.25) is 4.79 Å². The Labute approximate surface area is 118 Å². The topological polar surface area (TPSA) is 20.3 Å². The molecule has 0 aliphatic carbocycles. The van der Waals surface area contributed by atoms with Gasteiger partial charge in [0.05, 0.1) is 0 Å². The summed E-state index contributed by atoms with van der Waals surface area (Å²) in [4.78, 5) is 14.1. The monoisotopic (exact) mass is 271 g/mol. The molecular formula is C17H18FNO. The molecule has 20 heavy (non-hydrogen) atoms. The average Bonchev–Trinajstić information content (AvgIpc) is 2.48. The molecule has 0 radical (unpaired) electrons. The van der Waals surface area contributed by atoms with Gasteiger partial charge in [0.2, 0.25) is 0 Å². The summed E-state index contributed by atoms with van der Waals surface area (Å²) >= 11 is 0. The van der Waals surface area contributed by atoms with Crippen molar-refractivity contribution in [3.63, 3.8) is 0 Å². The van der Waals surface area contributed by atoms with E-state index in [4.69, 9.17) is 0 Å². The molecule has 2 aromatic rings. The lowest BCUT2D eigenvalue weighted by atomic mass is 10.1. The van der Waals surface area contributed by atoms with Gasteiger partial charge in [0.15, 0.2) is 5.78 Å². The van der Waals surface area contributed by atoms with E-state index >= 15 is 0 Å². The van der Waals surface area contributed by atoms with Crippen molar-refractivity contribution >= 4 is 11.5 Å². The lowest BCUT2D eigenvalue weighted by molar-refractivity contribution is 0.0984. The zero-order valence-electron chi connectivity index (χ0n) is 11.6. The molecule has 0 fully saturated rings. The lowest BCUT2D eigenvalue weighted by Gasteiger charge is -2.22. The molecule has 0 aliphatic heterocycles. The number of anilines is 1. The summed E-state index contributed by atoms with van der Waals surface area (Å²) in [5.41, 5.74) is 1.54. The highest BCUT2D eigenvalue weighted by atomic mass is 19.1. The van der Waals surface area contributed by atoms with E-state index in [2.05, 4.69) is 0 Å². The summed E-state index contributed by atoms with van der Waals surface area (Å²) in [6.07, 6.45) is 0.425. The second-order valence-electron chi connectivity index (χ2n) is 4.60. The van der Waals surface area contributed by atoms with Crippen LogP contribution in [-0.2, 0) is 0 Å². The van der Waals surface area contributed by atoms with Crippen LogP contribution in [0, 0.1) is 5.82 Å². The van der Waals surface area contributed by atoms with Gasteiger partial charge in [-0.25, -0.2) is 4.39 Å². The van der Waals surface area contributed by atoms with E-state index in [1.54, 1.807) is 6.07 Å². The molecule has 0 heterocycles. The standard InChI is InChI=1S/C17H18FNO/c1-2-19(16-10-6-9-15(18)13-16)12-11-17(20)14-7-4-3-5-8-14/h3-10,13H,2,11-12H2,1H3. The van der Waals surface area contributed by atoms with Crippen LogP contribution in [0.5, 0.6) is 0 Å². The number of halogens is 1. The summed E-state index contributed by atoms with van der Waals surface area (Å²) < 4.78 is 13.2. The van der Waals surface area contributed by atoms with Crippen LogP contribution in [-0.4, -0.2) is 18.9 Å². The Morgan fingerprint density at radius 1 is 1.10 bits per heavy atom. The van der Waals surface area contributed by atoms with Crippen LogP contribution in [0.3, 0.4) is 0 Å². The van der Waals surface area contributed by atoms with Crippen molar-refractivity contribution in [2.45, 2.75) is 13.3 Å². The van der Waals surface area contributed by atoms with Crippen molar-refractivity contribution in [1.82, 2.24) is 0 Å². The second kappa shape index (κ2) is 6.85. The first-order chi connectivity index (χ1) is 9.70. The molecule has 104 valence electrons. The van der Waals surface area contributed by atoms with Crippen molar-refractivity contribution in [1.29, 1.82) is 0 Å². The summed E-state index contributed by atoms with van der Waals surface area (Å²) in [5, 5.41) is 0. The minimum Gasteiger partial charge on any atom is -0.371 e. The second-order valence-corrected chi connectivity index (χ2v) is 4.60. The van der Waals surface area contributed by atoms with Gasteiger partial charge in [0.25, 0.3) is 0 Å². The van der Waals surface area contributed by atoms with Crippen LogP contribution in [0.1, 0.15) is 23.7 Å². The minimum atomic E-state index is -0.254. The lowest BCUT2D eigenvalue weighted by Crippen LogP contribution is -2.25. The average molecular weight is 271 g/mol. The summed E-state index contributed by atoms with van der Waals surface area (Å²) in [7, 11) is 0. The fourth-order valence-corrected chi connectivity index (χ4v) is 2.15. The molecule has 2 aromatic carbocycles. The van der Waals surface area contributed by atoms with E-state index < -0.39 is 0 Å². The molecule has 0 bridgehead atoms. The fourth-order valence-electron chi connectivity index (χ4n) is 2.15. The smallest absolute Gasteiger partial charge is 0.164 e. The Morgan fingerprint density at radius 2 is 1.85 bits per heavy atom. The number of nitrogens with zero attached hydrogens (tertiary/aromatic N) is 1. The van der Waals surface area contributed by atoms with Crippen LogP contribution in [0.2, 0.25) is 0 Å². The number of hydrogen-bond acceptors (Lipinski definition) is 2. The van der Waals surface area contributed by atoms with E-state index in [9.17, 15) is 9.18 Å². The number of ketones is 1. The molecule has 0 atom stereocenters. The highest BCUT2D eigenvalue weighted by Crippen LogP contribution is 2.16. The Morgan fingerprint density at radius 3 is 2.50 bits per heavy atom. The van der Waals surface area contributed by atoms with Gasteiger partial charge in [-0.2, -0.15) is 0 Å². The van der Waals surface area contributed by atoms with Crippen LogP contribution in [0.25, 0.3) is 0 Å². The van der Waals surface area contributed by atoms with Crippen molar-refractivity contribution in [2.24, 2.45) is 0 Å². The summed E-state index contributed by atoms with van der Waals surface area (Å²) in [6.45, 7) is 3.33. The van der Waals surface area contributed by atoms with Crippen LogP contribution in [0.15, 0.2) is 54.6 Å².